The SMILES string of the molecule is CCNC(=O)COc1cccc(NC(=O)c2ccccc2-c2nc(C(C)(C)C)no2)c1. The third-order valence-corrected chi connectivity index (χ3v) is 4.33. The van der Waals surface area contributed by atoms with Crippen molar-refractivity contribution in [3.8, 4) is 17.2 Å². The Kier molecular flexibility index (Phi) is 6.69. The smallest absolute Gasteiger partial charge is 0.258 e. The first kappa shape index (κ1) is 22.0. The van der Waals surface area contributed by atoms with E-state index in [0.717, 1.165) is 0 Å². The summed E-state index contributed by atoms with van der Waals surface area (Å²) in [5.41, 5.74) is 1.22. The van der Waals surface area contributed by atoms with Crippen LogP contribution in [0.3, 0.4) is 0 Å². The molecule has 0 radical (unpaired) electrons. The maximum Gasteiger partial charge on any atom is 0.258 e. The molecule has 0 aliphatic heterocycles. The van der Waals surface area contributed by atoms with E-state index in [9.17, 15) is 9.59 Å². The minimum Gasteiger partial charge on any atom is -0.484 e. The molecule has 8 nitrogen and oxygen atoms in total. The molecular weight excluding hydrogens is 396 g/mol. The van der Waals surface area contributed by atoms with Crippen molar-refractivity contribution in [1.82, 2.24) is 15.5 Å². The highest BCUT2D eigenvalue weighted by Crippen LogP contribution is 2.27. The van der Waals surface area contributed by atoms with Crippen molar-refractivity contribution in [3.05, 3.63) is 59.9 Å². The second-order valence-corrected chi connectivity index (χ2v) is 7.94. The van der Waals surface area contributed by atoms with Gasteiger partial charge in [0.25, 0.3) is 17.7 Å². The molecule has 0 aliphatic rings. The van der Waals surface area contributed by atoms with Crippen LogP contribution in [0.15, 0.2) is 53.1 Å². The number of likely N-dealkylation sites (N-methyl/N-ethyl adjacent to an activating group) is 1. The van der Waals surface area contributed by atoms with E-state index in [4.69, 9.17) is 9.26 Å². The quantitative estimate of drug-likeness (QED) is 0.600. The van der Waals surface area contributed by atoms with Crippen molar-refractivity contribution < 1.29 is 18.8 Å². The van der Waals surface area contributed by atoms with Gasteiger partial charge in [0.15, 0.2) is 12.4 Å². The molecule has 1 heterocycles. The minimum atomic E-state index is -0.327. The summed E-state index contributed by atoms with van der Waals surface area (Å²) in [6.45, 7) is 8.24. The zero-order valence-electron chi connectivity index (χ0n) is 18.1. The van der Waals surface area contributed by atoms with E-state index in [1.807, 2.05) is 33.8 Å². The van der Waals surface area contributed by atoms with Crippen molar-refractivity contribution >= 4 is 17.5 Å². The second kappa shape index (κ2) is 9.42. The number of anilines is 1. The van der Waals surface area contributed by atoms with Gasteiger partial charge in [0, 0.05) is 23.7 Å². The predicted molar refractivity (Wildman–Crippen MR) is 117 cm³/mol. The van der Waals surface area contributed by atoms with E-state index < -0.39 is 0 Å². The van der Waals surface area contributed by atoms with Crippen molar-refractivity contribution in [1.29, 1.82) is 0 Å². The zero-order chi connectivity index (χ0) is 22.4. The number of nitrogens with one attached hydrogen (secondary N) is 2. The normalized spacial score (nSPS) is 11.1. The Balaban J connectivity index is 1.77. The molecule has 0 atom stereocenters. The van der Waals surface area contributed by atoms with Gasteiger partial charge in [0.05, 0.1) is 11.1 Å². The van der Waals surface area contributed by atoms with Gasteiger partial charge >= 0.3 is 0 Å². The molecule has 0 bridgehead atoms. The Hall–Kier alpha value is -3.68. The van der Waals surface area contributed by atoms with Crippen molar-refractivity contribution in [2.45, 2.75) is 33.1 Å². The summed E-state index contributed by atoms with van der Waals surface area (Å²) in [7, 11) is 0. The van der Waals surface area contributed by atoms with Gasteiger partial charge in [-0.1, -0.05) is 44.1 Å². The van der Waals surface area contributed by atoms with Crippen molar-refractivity contribution in [2.75, 3.05) is 18.5 Å². The Morgan fingerprint density at radius 1 is 1.10 bits per heavy atom. The highest BCUT2D eigenvalue weighted by molar-refractivity contribution is 6.08. The van der Waals surface area contributed by atoms with Crippen LogP contribution in [0.1, 0.15) is 43.9 Å². The van der Waals surface area contributed by atoms with Crippen LogP contribution in [0.5, 0.6) is 5.75 Å². The second-order valence-electron chi connectivity index (χ2n) is 7.94. The summed E-state index contributed by atoms with van der Waals surface area (Å²) in [6.07, 6.45) is 0. The van der Waals surface area contributed by atoms with Crippen LogP contribution in [-0.4, -0.2) is 35.1 Å². The lowest BCUT2D eigenvalue weighted by molar-refractivity contribution is -0.122. The summed E-state index contributed by atoms with van der Waals surface area (Å²) in [5, 5.41) is 9.55. The van der Waals surface area contributed by atoms with E-state index in [0.29, 0.717) is 34.9 Å². The molecular formula is C23H26N4O4. The average molecular weight is 422 g/mol. The molecule has 2 N–H and O–H groups in total. The third-order valence-electron chi connectivity index (χ3n) is 4.33. The number of hydrogen-bond acceptors (Lipinski definition) is 6. The lowest BCUT2D eigenvalue weighted by Gasteiger charge is -2.11. The van der Waals surface area contributed by atoms with E-state index in [1.165, 1.54) is 0 Å². The van der Waals surface area contributed by atoms with Crippen LogP contribution in [-0.2, 0) is 10.2 Å². The predicted octanol–water partition coefficient (Wildman–Crippen LogP) is 3.80. The molecule has 0 saturated carbocycles. The third kappa shape index (κ3) is 5.69. The molecule has 0 spiro atoms. The Bertz CT molecular complexity index is 1070. The van der Waals surface area contributed by atoms with Gasteiger partial charge in [0.1, 0.15) is 5.75 Å². The average Bonchev–Trinajstić information content (AvgIpc) is 3.23. The Morgan fingerprint density at radius 2 is 1.87 bits per heavy atom. The monoisotopic (exact) mass is 422 g/mol. The molecule has 0 saturated heterocycles. The molecule has 3 aromatic rings. The molecule has 31 heavy (non-hydrogen) atoms. The highest BCUT2D eigenvalue weighted by Gasteiger charge is 2.23. The van der Waals surface area contributed by atoms with E-state index >= 15 is 0 Å². The molecule has 1 aromatic heterocycles. The van der Waals surface area contributed by atoms with Gasteiger partial charge in [-0.3, -0.25) is 9.59 Å². The van der Waals surface area contributed by atoms with Crippen LogP contribution in [0.4, 0.5) is 5.69 Å². The summed E-state index contributed by atoms with van der Waals surface area (Å²) in [5.74, 6) is 0.792. The summed E-state index contributed by atoms with van der Waals surface area (Å²) < 4.78 is 10.9. The maximum absolute atomic E-state index is 13.0. The Labute approximate surface area is 181 Å². The molecule has 162 valence electrons. The molecule has 0 aliphatic carbocycles. The van der Waals surface area contributed by atoms with Gasteiger partial charge in [-0.2, -0.15) is 4.98 Å². The van der Waals surface area contributed by atoms with Crippen LogP contribution >= 0.6 is 0 Å². The van der Waals surface area contributed by atoms with Gasteiger partial charge in [-0.15, -0.1) is 0 Å². The first-order valence-corrected chi connectivity index (χ1v) is 10.0. The summed E-state index contributed by atoms with van der Waals surface area (Å²) >= 11 is 0. The van der Waals surface area contributed by atoms with Crippen LogP contribution in [0.2, 0.25) is 0 Å². The zero-order valence-corrected chi connectivity index (χ0v) is 18.1. The number of hydrogen-bond donors (Lipinski definition) is 2. The van der Waals surface area contributed by atoms with E-state index in [-0.39, 0.29) is 29.7 Å². The van der Waals surface area contributed by atoms with Crippen molar-refractivity contribution in [3.63, 3.8) is 0 Å². The topological polar surface area (TPSA) is 106 Å². The maximum atomic E-state index is 13.0. The summed E-state index contributed by atoms with van der Waals surface area (Å²) in [6, 6.07) is 13.9. The Morgan fingerprint density at radius 3 is 2.58 bits per heavy atom. The number of benzene rings is 2. The van der Waals surface area contributed by atoms with Crippen LogP contribution in [0, 0.1) is 0 Å². The molecule has 0 fully saturated rings. The first-order chi connectivity index (χ1) is 14.8. The lowest BCUT2D eigenvalue weighted by Crippen LogP contribution is -2.28. The molecule has 2 aromatic carbocycles. The summed E-state index contributed by atoms with van der Waals surface area (Å²) in [4.78, 5) is 29.0. The van der Waals surface area contributed by atoms with Gasteiger partial charge in [-0.25, -0.2) is 0 Å². The number of nitrogens with zero attached hydrogens (tertiary/aromatic N) is 2. The molecule has 8 heteroatoms. The number of amides is 2. The van der Waals surface area contributed by atoms with Gasteiger partial charge < -0.3 is 19.9 Å². The van der Waals surface area contributed by atoms with Gasteiger partial charge in [-0.05, 0) is 31.2 Å². The fourth-order valence-corrected chi connectivity index (χ4v) is 2.76. The van der Waals surface area contributed by atoms with E-state index in [2.05, 4.69) is 20.8 Å². The highest BCUT2D eigenvalue weighted by atomic mass is 16.5. The molecule has 3 rings (SSSR count). The lowest BCUT2D eigenvalue weighted by atomic mass is 9.96. The largest absolute Gasteiger partial charge is 0.484 e. The number of ether oxygens (including phenoxy) is 1. The minimum absolute atomic E-state index is 0.0959. The number of carbonyl (C=O) groups excluding carboxylic acids is 2. The van der Waals surface area contributed by atoms with Crippen LogP contribution in [0.25, 0.3) is 11.5 Å². The number of carbonyl (C=O) groups is 2. The standard InChI is InChI=1S/C23H26N4O4/c1-5-24-19(28)14-30-16-10-8-9-15(13-16)25-20(29)17-11-6-7-12-18(17)21-26-22(27-31-21)23(2,3)4/h6-13H,5,14H2,1-4H3,(H,24,28)(H,25,29). The van der Waals surface area contributed by atoms with E-state index in [1.54, 1.807) is 42.5 Å². The fourth-order valence-electron chi connectivity index (χ4n) is 2.76. The van der Waals surface area contributed by atoms with Crippen molar-refractivity contribution in [2.24, 2.45) is 0 Å². The van der Waals surface area contributed by atoms with Crippen LogP contribution < -0.4 is 15.4 Å². The number of rotatable bonds is 7. The fraction of sp³-hybridized carbons (Fsp3) is 0.304. The van der Waals surface area contributed by atoms with Gasteiger partial charge in [0.2, 0.25) is 0 Å². The molecule has 0 unspecified atom stereocenters. The first-order valence-electron chi connectivity index (χ1n) is 10.0. The molecule has 2 amide bonds. The number of aromatic nitrogens is 2.